The molecule has 2 aromatic carbocycles. The number of halogens is 1. The van der Waals surface area contributed by atoms with Crippen LogP contribution in [0.15, 0.2) is 46.9 Å². The SMILES string of the molecule is CNC(c1cc2cccc(C)c2o1)c1cccc(C)c1I. The van der Waals surface area contributed by atoms with Crippen molar-refractivity contribution in [3.63, 3.8) is 0 Å². The molecule has 0 saturated carbocycles. The van der Waals surface area contributed by atoms with Crippen molar-refractivity contribution < 1.29 is 4.42 Å². The Morgan fingerprint density at radius 1 is 1.05 bits per heavy atom. The molecule has 0 bridgehead atoms. The van der Waals surface area contributed by atoms with E-state index >= 15 is 0 Å². The first-order valence-electron chi connectivity index (χ1n) is 7.03. The summed E-state index contributed by atoms with van der Waals surface area (Å²) in [5.41, 5.74) is 4.71. The molecule has 2 nitrogen and oxygen atoms in total. The zero-order valence-corrected chi connectivity index (χ0v) is 14.6. The molecule has 1 N–H and O–H groups in total. The van der Waals surface area contributed by atoms with Crippen molar-refractivity contribution in [1.29, 1.82) is 0 Å². The Labute approximate surface area is 138 Å². The molecule has 0 radical (unpaired) electrons. The maximum Gasteiger partial charge on any atom is 0.137 e. The van der Waals surface area contributed by atoms with Crippen LogP contribution in [0.2, 0.25) is 0 Å². The smallest absolute Gasteiger partial charge is 0.137 e. The second-order valence-electron chi connectivity index (χ2n) is 5.34. The third-order valence-electron chi connectivity index (χ3n) is 3.87. The van der Waals surface area contributed by atoms with E-state index in [0.717, 1.165) is 16.7 Å². The van der Waals surface area contributed by atoms with E-state index in [0.29, 0.717) is 0 Å². The summed E-state index contributed by atoms with van der Waals surface area (Å²) in [6.45, 7) is 4.22. The summed E-state index contributed by atoms with van der Waals surface area (Å²) < 4.78 is 7.42. The number of rotatable bonds is 3. The summed E-state index contributed by atoms with van der Waals surface area (Å²) in [5.74, 6) is 0.963. The Morgan fingerprint density at radius 2 is 1.76 bits per heavy atom. The average molecular weight is 391 g/mol. The number of aryl methyl sites for hydroxylation is 2. The van der Waals surface area contributed by atoms with Crippen LogP contribution in [0.25, 0.3) is 11.0 Å². The number of benzene rings is 2. The molecule has 0 amide bonds. The third kappa shape index (κ3) is 2.60. The Bertz CT molecular complexity index is 791. The van der Waals surface area contributed by atoms with E-state index in [1.807, 2.05) is 7.05 Å². The molecule has 21 heavy (non-hydrogen) atoms. The van der Waals surface area contributed by atoms with Crippen molar-refractivity contribution in [3.05, 3.63) is 68.5 Å². The minimum Gasteiger partial charge on any atom is -0.459 e. The van der Waals surface area contributed by atoms with Gasteiger partial charge < -0.3 is 9.73 Å². The first kappa shape index (κ1) is 14.6. The summed E-state index contributed by atoms with van der Waals surface area (Å²) in [6, 6.07) is 14.9. The Balaban J connectivity index is 2.14. The van der Waals surface area contributed by atoms with Crippen LogP contribution < -0.4 is 5.32 Å². The molecule has 0 aliphatic carbocycles. The van der Waals surface area contributed by atoms with Gasteiger partial charge in [-0.2, -0.15) is 0 Å². The van der Waals surface area contributed by atoms with Crippen molar-refractivity contribution >= 4 is 33.6 Å². The summed E-state index contributed by atoms with van der Waals surface area (Å²) in [7, 11) is 1.98. The van der Waals surface area contributed by atoms with Crippen LogP contribution in [0.5, 0.6) is 0 Å². The van der Waals surface area contributed by atoms with Gasteiger partial charge in [0.05, 0.1) is 6.04 Å². The van der Waals surface area contributed by atoms with Gasteiger partial charge in [0.2, 0.25) is 0 Å². The molecule has 0 fully saturated rings. The number of hydrogen-bond acceptors (Lipinski definition) is 2. The van der Waals surface area contributed by atoms with Crippen LogP contribution in [0.1, 0.15) is 28.5 Å². The molecule has 0 aliphatic rings. The van der Waals surface area contributed by atoms with Crippen molar-refractivity contribution in [2.75, 3.05) is 7.05 Å². The number of nitrogens with one attached hydrogen (secondary N) is 1. The largest absolute Gasteiger partial charge is 0.459 e. The highest BCUT2D eigenvalue weighted by molar-refractivity contribution is 14.1. The number of para-hydroxylation sites is 1. The standard InChI is InChI=1S/C18H18INO/c1-11-6-5-9-14(16(11)19)17(20-3)15-10-13-8-4-7-12(2)18(13)21-15/h4-10,17,20H,1-3H3. The molecule has 1 heterocycles. The van der Waals surface area contributed by atoms with Gasteiger partial charge in [-0.3, -0.25) is 0 Å². The molecular formula is C18H18INO. The lowest BCUT2D eigenvalue weighted by molar-refractivity contribution is 0.489. The first-order chi connectivity index (χ1) is 10.1. The molecule has 0 aliphatic heterocycles. The van der Waals surface area contributed by atoms with Gasteiger partial charge in [-0.25, -0.2) is 0 Å². The van der Waals surface area contributed by atoms with E-state index in [1.54, 1.807) is 0 Å². The van der Waals surface area contributed by atoms with Crippen molar-refractivity contribution in [1.82, 2.24) is 5.32 Å². The highest BCUT2D eigenvalue weighted by Crippen LogP contribution is 2.32. The minimum atomic E-state index is 0.0728. The van der Waals surface area contributed by atoms with Gasteiger partial charge in [0.1, 0.15) is 11.3 Å². The van der Waals surface area contributed by atoms with Crippen LogP contribution in [0.3, 0.4) is 0 Å². The van der Waals surface area contributed by atoms with E-state index in [9.17, 15) is 0 Å². The molecule has 1 aromatic heterocycles. The first-order valence-corrected chi connectivity index (χ1v) is 8.11. The maximum absolute atomic E-state index is 6.14. The topological polar surface area (TPSA) is 25.2 Å². The fourth-order valence-corrected chi connectivity index (χ4v) is 3.39. The van der Waals surface area contributed by atoms with Gasteiger partial charge in [-0.1, -0.05) is 36.4 Å². The fraction of sp³-hybridized carbons (Fsp3) is 0.222. The van der Waals surface area contributed by atoms with Gasteiger partial charge >= 0.3 is 0 Å². The van der Waals surface area contributed by atoms with E-state index in [2.05, 4.69) is 84.2 Å². The molecule has 108 valence electrons. The monoisotopic (exact) mass is 391 g/mol. The van der Waals surface area contributed by atoms with Crippen LogP contribution in [0.4, 0.5) is 0 Å². The molecule has 0 spiro atoms. The lowest BCUT2D eigenvalue weighted by Crippen LogP contribution is -2.18. The highest BCUT2D eigenvalue weighted by atomic mass is 127. The number of fused-ring (bicyclic) bond motifs is 1. The van der Waals surface area contributed by atoms with Crippen molar-refractivity contribution in [2.24, 2.45) is 0 Å². The Hall–Kier alpha value is -1.33. The van der Waals surface area contributed by atoms with Gasteiger partial charge in [0, 0.05) is 8.96 Å². The summed E-state index contributed by atoms with van der Waals surface area (Å²) in [4.78, 5) is 0. The van der Waals surface area contributed by atoms with Crippen molar-refractivity contribution in [3.8, 4) is 0 Å². The van der Waals surface area contributed by atoms with Crippen LogP contribution in [0, 0.1) is 17.4 Å². The second kappa shape index (κ2) is 5.81. The lowest BCUT2D eigenvalue weighted by atomic mass is 10.0. The van der Waals surface area contributed by atoms with Gasteiger partial charge in [0.25, 0.3) is 0 Å². The lowest BCUT2D eigenvalue weighted by Gasteiger charge is -2.17. The molecule has 1 atom stereocenters. The summed E-state index contributed by atoms with van der Waals surface area (Å²) >= 11 is 2.41. The zero-order chi connectivity index (χ0) is 15.0. The average Bonchev–Trinajstić information content (AvgIpc) is 2.89. The molecule has 1 unspecified atom stereocenters. The van der Waals surface area contributed by atoms with Crippen LogP contribution in [-0.4, -0.2) is 7.05 Å². The normalized spacial score (nSPS) is 12.8. The third-order valence-corrected chi connectivity index (χ3v) is 5.34. The predicted molar refractivity (Wildman–Crippen MR) is 95.7 cm³/mol. The van der Waals surface area contributed by atoms with E-state index in [-0.39, 0.29) is 6.04 Å². The molecule has 3 aromatic rings. The van der Waals surface area contributed by atoms with Gasteiger partial charge in [0.15, 0.2) is 0 Å². The maximum atomic E-state index is 6.14. The van der Waals surface area contributed by atoms with E-state index in [1.165, 1.54) is 20.3 Å². The highest BCUT2D eigenvalue weighted by Gasteiger charge is 2.20. The van der Waals surface area contributed by atoms with E-state index < -0.39 is 0 Å². The Kier molecular flexibility index (Phi) is 4.04. The fourth-order valence-electron chi connectivity index (χ4n) is 2.72. The Morgan fingerprint density at radius 3 is 2.48 bits per heavy atom. The molecule has 3 heteroatoms. The molecule has 3 rings (SSSR count). The zero-order valence-electron chi connectivity index (χ0n) is 12.4. The van der Waals surface area contributed by atoms with Gasteiger partial charge in [-0.15, -0.1) is 0 Å². The number of hydrogen-bond donors (Lipinski definition) is 1. The van der Waals surface area contributed by atoms with Gasteiger partial charge in [-0.05, 0) is 66.2 Å². The molecular weight excluding hydrogens is 373 g/mol. The predicted octanol–water partition coefficient (Wildman–Crippen LogP) is 4.96. The summed E-state index contributed by atoms with van der Waals surface area (Å²) in [6.07, 6.45) is 0. The van der Waals surface area contributed by atoms with Crippen LogP contribution >= 0.6 is 22.6 Å². The quantitative estimate of drug-likeness (QED) is 0.639. The second-order valence-corrected chi connectivity index (χ2v) is 6.42. The minimum absolute atomic E-state index is 0.0728. The van der Waals surface area contributed by atoms with Crippen LogP contribution in [-0.2, 0) is 0 Å². The van der Waals surface area contributed by atoms with E-state index in [4.69, 9.17) is 4.42 Å². The molecule has 0 saturated heterocycles. The van der Waals surface area contributed by atoms with Crippen molar-refractivity contribution in [2.45, 2.75) is 19.9 Å². The number of furan rings is 1. The summed E-state index contributed by atoms with van der Waals surface area (Å²) in [5, 5.41) is 4.54.